The predicted molar refractivity (Wildman–Crippen MR) is 109 cm³/mol. The fraction of sp³-hybridized carbons (Fsp3) is 0.435. The first-order valence-corrected chi connectivity index (χ1v) is 10.0. The van der Waals surface area contributed by atoms with Crippen molar-refractivity contribution < 1.29 is 23.4 Å². The van der Waals surface area contributed by atoms with E-state index in [1.165, 1.54) is 12.1 Å². The van der Waals surface area contributed by atoms with Gasteiger partial charge in [-0.05, 0) is 54.7 Å². The fourth-order valence-electron chi connectivity index (χ4n) is 3.66. The number of rotatable bonds is 8. The SMILES string of the molecule is CCCOc1ccc(CNC(=O)C2(c3cccc(F)c3)CCOCC2)cc1OC. The molecule has 0 aliphatic carbocycles. The van der Waals surface area contributed by atoms with E-state index in [2.05, 4.69) is 5.32 Å². The fourth-order valence-corrected chi connectivity index (χ4v) is 3.66. The van der Waals surface area contributed by atoms with Gasteiger partial charge < -0.3 is 19.5 Å². The molecule has 0 atom stereocenters. The molecule has 1 saturated heterocycles. The van der Waals surface area contributed by atoms with Gasteiger partial charge in [0.25, 0.3) is 0 Å². The molecule has 0 bridgehead atoms. The predicted octanol–water partition coefficient (Wildman–Crippen LogP) is 3.99. The van der Waals surface area contributed by atoms with Gasteiger partial charge in [-0.1, -0.05) is 25.1 Å². The molecule has 0 unspecified atom stereocenters. The third-order valence-electron chi connectivity index (χ3n) is 5.30. The second-order valence-electron chi connectivity index (χ2n) is 7.22. The molecule has 1 aliphatic rings. The minimum absolute atomic E-state index is 0.114. The molecule has 1 amide bonds. The van der Waals surface area contributed by atoms with Gasteiger partial charge in [-0.2, -0.15) is 0 Å². The lowest BCUT2D eigenvalue weighted by Crippen LogP contribution is -2.47. The van der Waals surface area contributed by atoms with Crippen LogP contribution in [0.4, 0.5) is 4.39 Å². The van der Waals surface area contributed by atoms with Crippen LogP contribution in [0.3, 0.4) is 0 Å². The Morgan fingerprint density at radius 3 is 2.66 bits per heavy atom. The first kappa shape index (κ1) is 21.1. The van der Waals surface area contributed by atoms with Crippen molar-refractivity contribution in [2.75, 3.05) is 26.9 Å². The summed E-state index contributed by atoms with van der Waals surface area (Å²) in [5.74, 6) is 0.867. The van der Waals surface area contributed by atoms with E-state index in [4.69, 9.17) is 14.2 Å². The number of amides is 1. The molecule has 2 aromatic rings. The van der Waals surface area contributed by atoms with E-state index in [-0.39, 0.29) is 11.7 Å². The van der Waals surface area contributed by atoms with E-state index < -0.39 is 5.41 Å². The normalized spacial score (nSPS) is 15.6. The van der Waals surface area contributed by atoms with Crippen molar-refractivity contribution in [2.45, 2.75) is 38.1 Å². The highest BCUT2D eigenvalue weighted by Gasteiger charge is 2.41. The third-order valence-corrected chi connectivity index (χ3v) is 5.30. The Balaban J connectivity index is 1.75. The summed E-state index contributed by atoms with van der Waals surface area (Å²) in [6.45, 7) is 3.95. The van der Waals surface area contributed by atoms with Crippen molar-refractivity contribution in [2.24, 2.45) is 0 Å². The lowest BCUT2D eigenvalue weighted by Gasteiger charge is -2.36. The van der Waals surface area contributed by atoms with Crippen molar-refractivity contribution in [1.29, 1.82) is 0 Å². The Hall–Kier alpha value is -2.60. The summed E-state index contributed by atoms with van der Waals surface area (Å²) in [7, 11) is 1.59. The summed E-state index contributed by atoms with van der Waals surface area (Å²) in [6, 6.07) is 11.9. The van der Waals surface area contributed by atoms with Gasteiger partial charge in [0.1, 0.15) is 5.82 Å². The van der Waals surface area contributed by atoms with Gasteiger partial charge in [-0.25, -0.2) is 4.39 Å². The van der Waals surface area contributed by atoms with E-state index in [9.17, 15) is 9.18 Å². The number of ether oxygens (including phenoxy) is 3. The van der Waals surface area contributed by atoms with Crippen LogP contribution in [-0.4, -0.2) is 32.8 Å². The average molecular weight is 401 g/mol. The largest absolute Gasteiger partial charge is 0.493 e. The number of methoxy groups -OCH3 is 1. The van der Waals surface area contributed by atoms with E-state index in [1.807, 2.05) is 31.2 Å². The zero-order valence-corrected chi connectivity index (χ0v) is 17.0. The van der Waals surface area contributed by atoms with Gasteiger partial charge in [0.05, 0.1) is 19.1 Å². The van der Waals surface area contributed by atoms with Gasteiger partial charge in [-0.15, -0.1) is 0 Å². The second kappa shape index (κ2) is 9.74. The molecule has 3 rings (SSSR count). The van der Waals surface area contributed by atoms with Crippen LogP contribution in [-0.2, 0) is 21.5 Å². The Labute approximate surface area is 171 Å². The first-order chi connectivity index (χ1) is 14.1. The van der Waals surface area contributed by atoms with Gasteiger partial charge in [0, 0.05) is 19.8 Å². The van der Waals surface area contributed by atoms with Crippen LogP contribution >= 0.6 is 0 Å². The number of halogens is 1. The van der Waals surface area contributed by atoms with E-state index >= 15 is 0 Å². The number of carbonyl (C=O) groups excluding carboxylic acids is 1. The lowest BCUT2D eigenvalue weighted by atomic mass is 9.73. The zero-order chi connectivity index (χ0) is 20.7. The van der Waals surface area contributed by atoms with Crippen LogP contribution in [0.1, 0.15) is 37.3 Å². The maximum Gasteiger partial charge on any atom is 0.231 e. The molecule has 2 aromatic carbocycles. The molecule has 6 heteroatoms. The number of hydrogen-bond donors (Lipinski definition) is 1. The summed E-state index contributed by atoms with van der Waals surface area (Å²) >= 11 is 0. The minimum Gasteiger partial charge on any atom is -0.493 e. The van der Waals surface area contributed by atoms with E-state index in [0.29, 0.717) is 56.3 Å². The molecule has 5 nitrogen and oxygen atoms in total. The molecule has 0 saturated carbocycles. The van der Waals surface area contributed by atoms with Crippen LogP contribution in [0.5, 0.6) is 11.5 Å². The molecular formula is C23H28FNO4. The Bertz CT molecular complexity index is 833. The van der Waals surface area contributed by atoms with Crippen LogP contribution in [0.15, 0.2) is 42.5 Å². The van der Waals surface area contributed by atoms with Crippen LogP contribution in [0.25, 0.3) is 0 Å². The Kier molecular flexibility index (Phi) is 7.09. The van der Waals surface area contributed by atoms with E-state index in [1.54, 1.807) is 13.2 Å². The van der Waals surface area contributed by atoms with Gasteiger partial charge in [0.15, 0.2) is 11.5 Å². The molecule has 29 heavy (non-hydrogen) atoms. The number of benzene rings is 2. The summed E-state index contributed by atoms with van der Waals surface area (Å²) in [6.07, 6.45) is 1.96. The zero-order valence-electron chi connectivity index (χ0n) is 17.0. The maximum atomic E-state index is 13.8. The second-order valence-corrected chi connectivity index (χ2v) is 7.22. The quantitative estimate of drug-likeness (QED) is 0.727. The van der Waals surface area contributed by atoms with Gasteiger partial charge in [0.2, 0.25) is 5.91 Å². The Morgan fingerprint density at radius 2 is 1.97 bits per heavy atom. The van der Waals surface area contributed by atoms with Crippen molar-refractivity contribution in [3.05, 3.63) is 59.4 Å². The number of nitrogens with one attached hydrogen (secondary N) is 1. The number of carbonyl (C=O) groups is 1. The van der Waals surface area contributed by atoms with E-state index in [0.717, 1.165) is 12.0 Å². The molecule has 1 heterocycles. The standard InChI is InChI=1S/C23H28FNO4/c1-3-11-29-20-8-7-17(14-21(20)27-2)16-25-22(26)23(9-12-28-13-10-23)18-5-4-6-19(24)15-18/h4-8,14-15H,3,9-13,16H2,1-2H3,(H,25,26). The van der Waals surface area contributed by atoms with Gasteiger partial charge >= 0.3 is 0 Å². The molecule has 0 spiro atoms. The maximum absolute atomic E-state index is 13.8. The summed E-state index contributed by atoms with van der Waals surface area (Å²) in [5.41, 5.74) is 0.814. The van der Waals surface area contributed by atoms with Crippen LogP contribution in [0, 0.1) is 5.82 Å². The molecule has 0 radical (unpaired) electrons. The van der Waals surface area contributed by atoms with Gasteiger partial charge in [-0.3, -0.25) is 4.79 Å². The van der Waals surface area contributed by atoms with Crippen molar-refractivity contribution in [1.82, 2.24) is 5.32 Å². The summed E-state index contributed by atoms with van der Waals surface area (Å²) < 4.78 is 30.4. The lowest BCUT2D eigenvalue weighted by molar-refractivity contribution is -0.130. The van der Waals surface area contributed by atoms with Crippen molar-refractivity contribution >= 4 is 5.91 Å². The summed E-state index contributed by atoms with van der Waals surface area (Å²) in [5, 5.41) is 3.03. The summed E-state index contributed by atoms with van der Waals surface area (Å²) in [4.78, 5) is 13.2. The molecular weight excluding hydrogens is 373 g/mol. The van der Waals surface area contributed by atoms with Crippen molar-refractivity contribution in [3.63, 3.8) is 0 Å². The minimum atomic E-state index is -0.783. The molecule has 156 valence electrons. The number of hydrogen-bond acceptors (Lipinski definition) is 4. The molecule has 1 fully saturated rings. The van der Waals surface area contributed by atoms with Crippen molar-refractivity contribution in [3.8, 4) is 11.5 Å². The topological polar surface area (TPSA) is 56.8 Å². The smallest absolute Gasteiger partial charge is 0.231 e. The monoisotopic (exact) mass is 401 g/mol. The highest BCUT2D eigenvalue weighted by molar-refractivity contribution is 5.88. The highest BCUT2D eigenvalue weighted by Crippen LogP contribution is 2.36. The third kappa shape index (κ3) is 4.88. The van der Waals surface area contributed by atoms with Crippen LogP contribution in [0.2, 0.25) is 0 Å². The Morgan fingerprint density at radius 1 is 1.17 bits per heavy atom. The van der Waals surface area contributed by atoms with Crippen LogP contribution < -0.4 is 14.8 Å². The highest BCUT2D eigenvalue weighted by atomic mass is 19.1. The molecule has 0 aromatic heterocycles. The average Bonchev–Trinajstić information content (AvgIpc) is 2.76. The molecule has 1 aliphatic heterocycles. The molecule has 1 N–H and O–H groups in total. The first-order valence-electron chi connectivity index (χ1n) is 10.0.